The third-order valence-corrected chi connectivity index (χ3v) is 4.23. The van der Waals surface area contributed by atoms with Crippen molar-refractivity contribution in [3.63, 3.8) is 0 Å². The number of hydrogen-bond acceptors (Lipinski definition) is 3. The van der Waals surface area contributed by atoms with Crippen LogP contribution in [-0.2, 0) is 0 Å². The quantitative estimate of drug-likeness (QED) is 0.388. The van der Waals surface area contributed by atoms with Crippen molar-refractivity contribution in [3.05, 3.63) is 64.9 Å². The average Bonchev–Trinajstić information content (AvgIpc) is 3.01. The molecule has 0 aliphatic rings. The van der Waals surface area contributed by atoms with Crippen LogP contribution < -0.4 is 10.7 Å². The van der Waals surface area contributed by atoms with E-state index in [-0.39, 0.29) is 0 Å². The molecule has 24 heavy (non-hydrogen) atoms. The molecular formula is C18H16ClN3OS. The predicted molar refractivity (Wildman–Crippen MR) is 104 cm³/mol. The first-order valence-corrected chi connectivity index (χ1v) is 8.18. The Morgan fingerprint density at radius 1 is 1.17 bits per heavy atom. The lowest BCUT2D eigenvalue weighted by atomic mass is 10.2. The first-order chi connectivity index (χ1) is 11.5. The van der Waals surface area contributed by atoms with Gasteiger partial charge in [-0.1, -0.05) is 35.9 Å². The van der Waals surface area contributed by atoms with Crippen molar-refractivity contribution in [1.29, 1.82) is 0 Å². The lowest BCUT2D eigenvalue weighted by Gasteiger charge is -2.11. The second-order valence-electron chi connectivity index (χ2n) is 5.32. The molecule has 3 aromatic rings. The summed E-state index contributed by atoms with van der Waals surface area (Å²) >= 11 is 11.4. The van der Waals surface area contributed by atoms with Gasteiger partial charge in [0, 0.05) is 16.1 Å². The summed E-state index contributed by atoms with van der Waals surface area (Å²) in [6.07, 6.45) is 0. The zero-order chi connectivity index (χ0) is 17.1. The minimum Gasteiger partial charge on any atom is -0.455 e. The topological polar surface area (TPSA) is 49.6 Å². The molecular weight excluding hydrogens is 342 g/mol. The molecule has 0 fully saturated rings. The number of benzene rings is 2. The maximum absolute atomic E-state index is 6.10. The van der Waals surface area contributed by atoms with E-state index in [4.69, 9.17) is 28.2 Å². The zero-order valence-electron chi connectivity index (χ0n) is 13.3. The maximum Gasteiger partial charge on any atom is 0.191 e. The highest BCUT2D eigenvalue weighted by molar-refractivity contribution is 7.80. The van der Waals surface area contributed by atoms with Crippen LogP contribution in [-0.4, -0.2) is 10.8 Å². The van der Waals surface area contributed by atoms with E-state index in [1.54, 1.807) is 0 Å². The van der Waals surface area contributed by atoms with Gasteiger partial charge >= 0.3 is 0 Å². The number of hydrogen-bond donors (Lipinski definition) is 2. The normalized spacial score (nSPS) is 11.5. The van der Waals surface area contributed by atoms with E-state index in [0.29, 0.717) is 21.6 Å². The minimum absolute atomic E-state index is 0.385. The van der Waals surface area contributed by atoms with Crippen LogP contribution in [0.15, 0.2) is 58.0 Å². The number of anilines is 1. The predicted octanol–water partition coefficient (Wildman–Crippen LogP) is 5.11. The van der Waals surface area contributed by atoms with Crippen molar-refractivity contribution in [2.24, 2.45) is 5.10 Å². The van der Waals surface area contributed by atoms with Crippen LogP contribution in [0.3, 0.4) is 0 Å². The highest BCUT2D eigenvalue weighted by Crippen LogP contribution is 2.23. The molecule has 0 radical (unpaired) electrons. The first-order valence-electron chi connectivity index (χ1n) is 7.40. The van der Waals surface area contributed by atoms with Crippen LogP contribution in [0.2, 0.25) is 5.02 Å². The lowest BCUT2D eigenvalue weighted by Crippen LogP contribution is -2.25. The van der Waals surface area contributed by atoms with E-state index in [0.717, 1.165) is 22.2 Å². The van der Waals surface area contributed by atoms with Crippen LogP contribution in [0.4, 0.5) is 5.69 Å². The second kappa shape index (κ2) is 7.03. The molecule has 122 valence electrons. The molecule has 4 nitrogen and oxygen atoms in total. The van der Waals surface area contributed by atoms with Gasteiger partial charge in [-0.15, -0.1) is 0 Å². The van der Waals surface area contributed by atoms with Crippen molar-refractivity contribution in [2.45, 2.75) is 13.8 Å². The number of furan rings is 1. The van der Waals surface area contributed by atoms with Gasteiger partial charge in [0.05, 0.1) is 0 Å². The van der Waals surface area contributed by atoms with E-state index in [2.05, 4.69) is 15.8 Å². The van der Waals surface area contributed by atoms with Gasteiger partial charge in [0.25, 0.3) is 0 Å². The largest absolute Gasteiger partial charge is 0.455 e. The van der Waals surface area contributed by atoms with Crippen LogP contribution in [0.1, 0.15) is 18.2 Å². The number of hydrazone groups is 1. The summed E-state index contributed by atoms with van der Waals surface area (Å²) in [6, 6.07) is 15.4. The van der Waals surface area contributed by atoms with Crippen molar-refractivity contribution in [3.8, 4) is 0 Å². The molecule has 0 amide bonds. The molecule has 0 bridgehead atoms. The summed E-state index contributed by atoms with van der Waals surface area (Å²) in [7, 11) is 0. The number of nitrogens with zero attached hydrogens (tertiary/aromatic N) is 1. The number of fused-ring (bicyclic) bond motifs is 1. The Bertz CT molecular complexity index is 900. The van der Waals surface area contributed by atoms with Gasteiger partial charge < -0.3 is 9.73 Å². The SMILES string of the molecule is CC(=NNC(=S)Nc1cccc(Cl)c1C)c1cc2ccccc2o1. The molecule has 2 N–H and O–H groups in total. The molecule has 0 saturated carbocycles. The summed E-state index contributed by atoms with van der Waals surface area (Å²) in [5, 5.41) is 9.47. The van der Waals surface area contributed by atoms with Gasteiger partial charge in [0.2, 0.25) is 0 Å². The van der Waals surface area contributed by atoms with Gasteiger partial charge in [0.1, 0.15) is 11.3 Å². The Morgan fingerprint density at radius 3 is 2.75 bits per heavy atom. The van der Waals surface area contributed by atoms with Crippen molar-refractivity contribution < 1.29 is 4.42 Å². The summed E-state index contributed by atoms with van der Waals surface area (Å²) in [4.78, 5) is 0. The molecule has 0 saturated heterocycles. The number of para-hydroxylation sites is 1. The summed E-state index contributed by atoms with van der Waals surface area (Å²) in [5.41, 5.74) is 6.14. The maximum atomic E-state index is 6.10. The van der Waals surface area contributed by atoms with E-state index in [1.807, 2.05) is 62.4 Å². The van der Waals surface area contributed by atoms with Gasteiger partial charge in [0.15, 0.2) is 10.9 Å². The van der Waals surface area contributed by atoms with Crippen LogP contribution in [0.5, 0.6) is 0 Å². The molecule has 0 atom stereocenters. The van der Waals surface area contributed by atoms with E-state index in [9.17, 15) is 0 Å². The highest BCUT2D eigenvalue weighted by atomic mass is 35.5. The fourth-order valence-electron chi connectivity index (χ4n) is 2.24. The van der Waals surface area contributed by atoms with E-state index < -0.39 is 0 Å². The zero-order valence-corrected chi connectivity index (χ0v) is 14.8. The lowest BCUT2D eigenvalue weighted by molar-refractivity contribution is 0.603. The third-order valence-electron chi connectivity index (χ3n) is 3.62. The number of rotatable bonds is 3. The summed E-state index contributed by atoms with van der Waals surface area (Å²) in [5.74, 6) is 0.699. The fourth-order valence-corrected chi connectivity index (χ4v) is 2.57. The number of nitrogens with one attached hydrogen (secondary N) is 2. The Hall–Kier alpha value is -2.37. The van der Waals surface area contributed by atoms with Gasteiger partial charge in [-0.3, -0.25) is 5.43 Å². The fraction of sp³-hybridized carbons (Fsp3) is 0.111. The Kier molecular flexibility index (Phi) is 4.83. The van der Waals surface area contributed by atoms with E-state index in [1.165, 1.54) is 0 Å². The molecule has 6 heteroatoms. The number of halogens is 1. The molecule has 1 heterocycles. The molecule has 2 aromatic carbocycles. The van der Waals surface area contributed by atoms with Gasteiger partial charge in [-0.2, -0.15) is 5.10 Å². The van der Waals surface area contributed by atoms with Crippen LogP contribution in [0, 0.1) is 6.92 Å². The molecule has 0 spiro atoms. The molecule has 0 aliphatic heterocycles. The second-order valence-corrected chi connectivity index (χ2v) is 6.14. The van der Waals surface area contributed by atoms with Crippen molar-refractivity contribution >= 4 is 51.3 Å². The molecule has 0 aliphatic carbocycles. The average molecular weight is 358 g/mol. The third kappa shape index (κ3) is 3.58. The highest BCUT2D eigenvalue weighted by Gasteiger charge is 2.07. The van der Waals surface area contributed by atoms with Crippen LogP contribution in [0.25, 0.3) is 11.0 Å². The smallest absolute Gasteiger partial charge is 0.191 e. The van der Waals surface area contributed by atoms with Gasteiger partial charge in [-0.05, 0) is 55.9 Å². The summed E-state index contributed by atoms with van der Waals surface area (Å²) < 4.78 is 5.76. The monoisotopic (exact) mass is 357 g/mol. The Morgan fingerprint density at radius 2 is 1.96 bits per heavy atom. The molecule has 3 rings (SSSR count). The number of thiocarbonyl (C=S) groups is 1. The molecule has 1 aromatic heterocycles. The first kappa shape index (κ1) is 16.5. The van der Waals surface area contributed by atoms with Crippen LogP contribution >= 0.6 is 23.8 Å². The standard InChI is InChI=1S/C18H16ClN3OS/c1-11-14(19)7-5-8-15(11)20-18(24)22-21-12(2)17-10-13-6-3-4-9-16(13)23-17/h3-10H,1-2H3,(H2,20,22,24). The Balaban J connectivity index is 1.70. The van der Waals surface area contributed by atoms with E-state index >= 15 is 0 Å². The molecule has 0 unspecified atom stereocenters. The summed E-state index contributed by atoms with van der Waals surface area (Å²) in [6.45, 7) is 3.79. The van der Waals surface area contributed by atoms with Gasteiger partial charge in [-0.25, -0.2) is 0 Å². The van der Waals surface area contributed by atoms with Crippen molar-refractivity contribution in [2.75, 3.05) is 5.32 Å². The van der Waals surface area contributed by atoms with Crippen molar-refractivity contribution in [1.82, 2.24) is 5.43 Å². The minimum atomic E-state index is 0.385. The Labute approximate surface area is 150 Å².